The van der Waals surface area contributed by atoms with Gasteiger partial charge in [0.2, 0.25) is 5.91 Å². The number of carbonyl (C=O) groups is 2. The van der Waals surface area contributed by atoms with Crippen LogP contribution in [0.1, 0.15) is 18.9 Å². The summed E-state index contributed by atoms with van der Waals surface area (Å²) < 4.78 is 0.833. The van der Waals surface area contributed by atoms with Gasteiger partial charge in [0.1, 0.15) is 0 Å². The van der Waals surface area contributed by atoms with E-state index in [1.165, 1.54) is 0 Å². The Kier molecular flexibility index (Phi) is 6.67. The Bertz CT molecular complexity index is 491. The van der Waals surface area contributed by atoms with Gasteiger partial charge >= 0.3 is 5.97 Å². The normalized spacial score (nSPS) is 10.6. The predicted molar refractivity (Wildman–Crippen MR) is 81.9 cm³/mol. The van der Waals surface area contributed by atoms with Crippen LogP contribution >= 0.6 is 15.9 Å². The fourth-order valence-corrected chi connectivity index (χ4v) is 2.31. The topological polar surface area (TPSA) is 69.6 Å². The minimum absolute atomic E-state index is 0.0370. The summed E-state index contributed by atoms with van der Waals surface area (Å²) in [4.78, 5) is 24.3. The van der Waals surface area contributed by atoms with Gasteiger partial charge in [0.05, 0.1) is 18.7 Å². The molecule has 6 heteroatoms. The zero-order valence-electron chi connectivity index (χ0n) is 11.6. The van der Waals surface area contributed by atoms with Gasteiger partial charge < -0.3 is 10.4 Å². The third kappa shape index (κ3) is 5.71. The van der Waals surface area contributed by atoms with Crippen molar-refractivity contribution in [2.75, 3.05) is 25.0 Å². The van der Waals surface area contributed by atoms with Gasteiger partial charge in [-0.3, -0.25) is 14.5 Å². The van der Waals surface area contributed by atoms with Crippen molar-refractivity contribution in [3.63, 3.8) is 0 Å². The molecule has 5 nitrogen and oxygen atoms in total. The number of aryl methyl sites for hydroxylation is 1. The van der Waals surface area contributed by atoms with Crippen molar-refractivity contribution in [2.24, 2.45) is 0 Å². The molecule has 1 aromatic rings. The first-order valence-corrected chi connectivity index (χ1v) is 7.21. The number of halogens is 1. The van der Waals surface area contributed by atoms with Crippen molar-refractivity contribution in [1.82, 2.24) is 4.90 Å². The van der Waals surface area contributed by atoms with E-state index in [-0.39, 0.29) is 18.9 Å². The number of nitrogens with one attached hydrogen (secondary N) is 1. The van der Waals surface area contributed by atoms with Crippen molar-refractivity contribution in [1.29, 1.82) is 0 Å². The molecule has 1 aromatic carbocycles. The Balaban J connectivity index is 2.55. The highest BCUT2D eigenvalue weighted by atomic mass is 79.9. The number of carboxylic acids is 1. The number of benzene rings is 1. The number of amides is 1. The Labute approximate surface area is 127 Å². The lowest BCUT2D eigenvalue weighted by atomic mass is 10.2. The molecule has 20 heavy (non-hydrogen) atoms. The molecule has 2 N–H and O–H groups in total. The van der Waals surface area contributed by atoms with Crippen molar-refractivity contribution in [2.45, 2.75) is 20.3 Å². The summed E-state index contributed by atoms with van der Waals surface area (Å²) in [7, 11) is 0. The molecule has 0 aliphatic carbocycles. The van der Waals surface area contributed by atoms with E-state index < -0.39 is 5.97 Å². The number of likely N-dealkylation sites (N-methyl/N-ethyl adjacent to an activating group) is 1. The molecule has 0 saturated heterocycles. The van der Waals surface area contributed by atoms with Gasteiger partial charge in [-0.25, -0.2) is 0 Å². The summed E-state index contributed by atoms with van der Waals surface area (Å²) in [6.45, 7) is 5.06. The van der Waals surface area contributed by atoms with Gasteiger partial charge in [0, 0.05) is 11.0 Å². The van der Waals surface area contributed by atoms with Gasteiger partial charge in [-0.1, -0.05) is 13.0 Å². The van der Waals surface area contributed by atoms with Gasteiger partial charge in [-0.05, 0) is 47.1 Å². The van der Waals surface area contributed by atoms with Crippen LogP contribution < -0.4 is 5.32 Å². The smallest absolute Gasteiger partial charge is 0.304 e. The number of carboxylic acid groups (broad SMARTS) is 1. The summed E-state index contributed by atoms with van der Waals surface area (Å²) in [5.74, 6) is -1.01. The largest absolute Gasteiger partial charge is 0.481 e. The summed E-state index contributed by atoms with van der Waals surface area (Å²) in [6.07, 6.45) is 0.0370. The molecule has 0 unspecified atom stereocenters. The molecule has 0 aliphatic heterocycles. The van der Waals surface area contributed by atoms with Gasteiger partial charge in [-0.2, -0.15) is 0 Å². The third-order valence-corrected chi connectivity index (χ3v) is 3.51. The van der Waals surface area contributed by atoms with E-state index in [0.717, 1.165) is 15.7 Å². The first kappa shape index (κ1) is 16.7. The minimum atomic E-state index is -0.856. The van der Waals surface area contributed by atoms with Crippen molar-refractivity contribution < 1.29 is 14.7 Å². The molecule has 0 atom stereocenters. The van der Waals surface area contributed by atoms with Crippen LogP contribution in [-0.4, -0.2) is 41.5 Å². The molecule has 0 bridgehead atoms. The second kappa shape index (κ2) is 8.01. The molecule has 0 fully saturated rings. The van der Waals surface area contributed by atoms with E-state index in [2.05, 4.69) is 21.2 Å². The van der Waals surface area contributed by atoms with Crippen LogP contribution in [0, 0.1) is 6.92 Å². The van der Waals surface area contributed by atoms with E-state index in [0.29, 0.717) is 13.1 Å². The van der Waals surface area contributed by atoms with Crippen molar-refractivity contribution in [3.8, 4) is 0 Å². The van der Waals surface area contributed by atoms with Crippen LogP contribution in [0.15, 0.2) is 22.7 Å². The molecular weight excluding hydrogens is 324 g/mol. The molecule has 0 saturated carbocycles. The lowest BCUT2D eigenvalue weighted by Gasteiger charge is -2.19. The second-order valence-corrected chi connectivity index (χ2v) is 5.40. The number of aliphatic carboxylic acids is 1. The number of hydrogen-bond donors (Lipinski definition) is 2. The Morgan fingerprint density at radius 1 is 1.40 bits per heavy atom. The highest BCUT2D eigenvalue weighted by molar-refractivity contribution is 9.10. The molecule has 0 heterocycles. The molecule has 1 rings (SSSR count). The molecule has 0 radical (unpaired) electrons. The summed E-state index contributed by atoms with van der Waals surface area (Å²) in [6, 6.07) is 5.69. The third-order valence-electron chi connectivity index (χ3n) is 2.85. The lowest BCUT2D eigenvalue weighted by Crippen LogP contribution is -2.34. The second-order valence-electron chi connectivity index (χ2n) is 4.54. The molecule has 1 amide bonds. The van der Waals surface area contributed by atoms with Crippen LogP contribution in [0.5, 0.6) is 0 Å². The predicted octanol–water partition coefficient (Wildman–Crippen LogP) is 2.49. The van der Waals surface area contributed by atoms with E-state index in [1.54, 1.807) is 4.90 Å². The highest BCUT2D eigenvalue weighted by Crippen LogP contribution is 2.23. The number of anilines is 1. The molecule has 0 aliphatic rings. The number of nitrogens with zero attached hydrogens (tertiary/aromatic N) is 1. The number of rotatable bonds is 7. The number of hydrogen-bond acceptors (Lipinski definition) is 3. The first-order chi connectivity index (χ1) is 9.42. The fourth-order valence-electron chi connectivity index (χ4n) is 1.72. The molecule has 0 aromatic heterocycles. The Morgan fingerprint density at radius 3 is 2.65 bits per heavy atom. The number of carbonyl (C=O) groups excluding carboxylic acids is 1. The van der Waals surface area contributed by atoms with Crippen molar-refractivity contribution >= 4 is 33.5 Å². The van der Waals surface area contributed by atoms with Crippen LogP contribution in [0.3, 0.4) is 0 Å². The summed E-state index contributed by atoms with van der Waals surface area (Å²) in [5.41, 5.74) is 1.82. The van der Waals surface area contributed by atoms with Gasteiger partial charge in [0.25, 0.3) is 0 Å². The Hall–Kier alpha value is -1.40. The van der Waals surface area contributed by atoms with Crippen molar-refractivity contribution in [3.05, 3.63) is 28.2 Å². The summed E-state index contributed by atoms with van der Waals surface area (Å²) >= 11 is 3.40. The van der Waals surface area contributed by atoms with E-state index in [4.69, 9.17) is 5.11 Å². The van der Waals surface area contributed by atoms with E-state index >= 15 is 0 Å². The fraction of sp³-hybridized carbons (Fsp3) is 0.429. The zero-order valence-corrected chi connectivity index (χ0v) is 13.2. The standard InChI is InChI=1S/C14H19BrN2O3/c1-3-17(7-6-14(19)20)9-13(18)16-12-5-4-10(2)8-11(12)15/h4-5,8H,3,6-7,9H2,1-2H3,(H,16,18)(H,19,20). The monoisotopic (exact) mass is 342 g/mol. The summed E-state index contributed by atoms with van der Waals surface area (Å²) in [5, 5.41) is 11.5. The maximum absolute atomic E-state index is 11.9. The Morgan fingerprint density at radius 2 is 2.10 bits per heavy atom. The SMILES string of the molecule is CCN(CCC(=O)O)CC(=O)Nc1ccc(C)cc1Br. The first-order valence-electron chi connectivity index (χ1n) is 6.42. The maximum atomic E-state index is 11.9. The molecule has 110 valence electrons. The minimum Gasteiger partial charge on any atom is -0.481 e. The van der Waals surface area contributed by atoms with Crippen LogP contribution in [0.25, 0.3) is 0 Å². The zero-order chi connectivity index (χ0) is 15.1. The molecule has 0 spiro atoms. The maximum Gasteiger partial charge on any atom is 0.304 e. The highest BCUT2D eigenvalue weighted by Gasteiger charge is 2.11. The lowest BCUT2D eigenvalue weighted by molar-refractivity contribution is -0.137. The average molecular weight is 343 g/mol. The quantitative estimate of drug-likeness (QED) is 0.798. The van der Waals surface area contributed by atoms with Gasteiger partial charge in [-0.15, -0.1) is 0 Å². The van der Waals surface area contributed by atoms with Crippen LogP contribution in [0.2, 0.25) is 0 Å². The van der Waals surface area contributed by atoms with Gasteiger partial charge in [0.15, 0.2) is 0 Å². The average Bonchev–Trinajstić information content (AvgIpc) is 2.37. The van der Waals surface area contributed by atoms with E-state index in [1.807, 2.05) is 32.0 Å². The van der Waals surface area contributed by atoms with Crippen LogP contribution in [0.4, 0.5) is 5.69 Å². The van der Waals surface area contributed by atoms with Crippen LogP contribution in [-0.2, 0) is 9.59 Å². The molecular formula is C14H19BrN2O3. The van der Waals surface area contributed by atoms with E-state index in [9.17, 15) is 9.59 Å².